The Morgan fingerprint density at radius 1 is 1.18 bits per heavy atom. The van der Waals surface area contributed by atoms with Gasteiger partial charge in [-0.2, -0.15) is 0 Å². The summed E-state index contributed by atoms with van der Waals surface area (Å²) < 4.78 is 22.4. The number of rotatable bonds is 7. The zero-order valence-corrected chi connectivity index (χ0v) is 20.4. The number of benzene rings is 2. The number of hydrogen-bond donors (Lipinski definition) is 1. The molecule has 0 spiro atoms. The molecule has 33 heavy (non-hydrogen) atoms. The number of amides is 1. The van der Waals surface area contributed by atoms with E-state index in [1.165, 1.54) is 14.2 Å². The largest absolute Gasteiger partial charge is 0.497 e. The Bertz CT molecular complexity index is 1040. The molecule has 1 aliphatic rings. The smallest absolute Gasteiger partial charge is 0.408 e. The SMILES string of the molecule is CC[C@H](C)[C@@H](NC(=O)OC1C(=O)c2cc(Br)ccc2O[C@H]1c1cccc(OC)c1)C(=O)OC. The van der Waals surface area contributed by atoms with Crippen LogP contribution < -0.4 is 14.8 Å². The molecule has 0 bridgehead atoms. The fourth-order valence-corrected chi connectivity index (χ4v) is 3.90. The van der Waals surface area contributed by atoms with Gasteiger partial charge in [-0.25, -0.2) is 9.59 Å². The van der Waals surface area contributed by atoms with Gasteiger partial charge in [0.05, 0.1) is 19.8 Å². The maximum atomic E-state index is 13.4. The molecule has 0 radical (unpaired) electrons. The molecule has 2 aromatic rings. The number of carbonyl (C=O) groups excluding carboxylic acids is 3. The first-order chi connectivity index (χ1) is 15.8. The summed E-state index contributed by atoms with van der Waals surface area (Å²) in [5, 5.41) is 2.54. The van der Waals surface area contributed by atoms with Crippen LogP contribution in [0.25, 0.3) is 0 Å². The second-order valence-electron chi connectivity index (χ2n) is 7.68. The number of methoxy groups -OCH3 is 2. The van der Waals surface area contributed by atoms with Crippen molar-refractivity contribution >= 4 is 33.8 Å². The number of nitrogens with one attached hydrogen (secondary N) is 1. The predicted octanol–water partition coefficient (Wildman–Crippen LogP) is 4.46. The predicted molar refractivity (Wildman–Crippen MR) is 123 cm³/mol. The molecular weight excluding hydrogens is 494 g/mol. The van der Waals surface area contributed by atoms with E-state index in [2.05, 4.69) is 21.2 Å². The average molecular weight is 520 g/mol. The van der Waals surface area contributed by atoms with Gasteiger partial charge >= 0.3 is 12.1 Å². The lowest BCUT2D eigenvalue weighted by molar-refractivity contribution is -0.144. The van der Waals surface area contributed by atoms with Crippen LogP contribution in [-0.2, 0) is 14.3 Å². The number of Topliss-reactive ketones (excluding diaryl/α,β-unsaturated/α-hetero) is 1. The Morgan fingerprint density at radius 3 is 2.61 bits per heavy atom. The van der Waals surface area contributed by atoms with Crippen molar-refractivity contribution in [2.45, 2.75) is 38.5 Å². The summed E-state index contributed by atoms with van der Waals surface area (Å²) in [5.74, 6) is -0.266. The third kappa shape index (κ3) is 5.47. The topological polar surface area (TPSA) is 100 Å². The van der Waals surface area contributed by atoms with E-state index < -0.39 is 36.1 Å². The molecule has 0 saturated heterocycles. The molecule has 0 fully saturated rings. The normalized spacial score (nSPS) is 18.9. The summed E-state index contributed by atoms with van der Waals surface area (Å²) >= 11 is 3.35. The van der Waals surface area contributed by atoms with E-state index in [4.69, 9.17) is 18.9 Å². The summed E-state index contributed by atoms with van der Waals surface area (Å²) in [7, 11) is 2.78. The van der Waals surface area contributed by atoms with E-state index in [9.17, 15) is 14.4 Å². The minimum Gasteiger partial charge on any atom is -0.497 e. The van der Waals surface area contributed by atoms with Crippen molar-refractivity contribution in [3.8, 4) is 11.5 Å². The van der Waals surface area contributed by atoms with Gasteiger partial charge in [0.2, 0.25) is 11.9 Å². The van der Waals surface area contributed by atoms with Crippen LogP contribution >= 0.6 is 15.9 Å². The number of ketones is 1. The molecule has 1 N–H and O–H groups in total. The highest BCUT2D eigenvalue weighted by atomic mass is 79.9. The summed E-state index contributed by atoms with van der Waals surface area (Å²) in [4.78, 5) is 38.3. The van der Waals surface area contributed by atoms with Crippen molar-refractivity contribution in [3.63, 3.8) is 0 Å². The van der Waals surface area contributed by atoms with E-state index in [0.29, 0.717) is 28.0 Å². The lowest BCUT2D eigenvalue weighted by Gasteiger charge is -2.33. The highest BCUT2D eigenvalue weighted by molar-refractivity contribution is 9.10. The van der Waals surface area contributed by atoms with Gasteiger partial charge in [0, 0.05) is 10.0 Å². The summed E-state index contributed by atoms with van der Waals surface area (Å²) in [6.45, 7) is 3.70. The maximum Gasteiger partial charge on any atom is 0.408 e. The number of fused-ring (bicyclic) bond motifs is 1. The Kier molecular flexibility index (Phi) is 7.97. The highest BCUT2D eigenvalue weighted by Crippen LogP contribution is 2.38. The van der Waals surface area contributed by atoms with Crippen LogP contribution in [0.5, 0.6) is 11.5 Å². The number of halogens is 1. The van der Waals surface area contributed by atoms with Gasteiger partial charge in [-0.1, -0.05) is 48.3 Å². The van der Waals surface area contributed by atoms with E-state index in [1.54, 1.807) is 42.5 Å². The van der Waals surface area contributed by atoms with Crippen LogP contribution in [0.4, 0.5) is 4.79 Å². The molecule has 1 amide bonds. The molecule has 1 aliphatic heterocycles. The van der Waals surface area contributed by atoms with Gasteiger partial charge < -0.3 is 24.3 Å². The number of alkyl carbamates (subject to hydrolysis) is 1. The van der Waals surface area contributed by atoms with E-state index in [-0.39, 0.29) is 11.5 Å². The van der Waals surface area contributed by atoms with Crippen LogP contribution in [0, 0.1) is 5.92 Å². The lowest BCUT2D eigenvalue weighted by Crippen LogP contribution is -2.49. The Hall–Kier alpha value is -3.07. The first-order valence-electron chi connectivity index (χ1n) is 10.5. The summed E-state index contributed by atoms with van der Waals surface area (Å²) in [6, 6.07) is 11.1. The Balaban J connectivity index is 1.93. The second-order valence-corrected chi connectivity index (χ2v) is 8.59. The fraction of sp³-hybridized carbons (Fsp3) is 0.375. The van der Waals surface area contributed by atoms with Crippen LogP contribution in [0.15, 0.2) is 46.9 Å². The Labute approximate surface area is 200 Å². The molecule has 1 heterocycles. The Morgan fingerprint density at radius 2 is 1.94 bits per heavy atom. The minimum atomic E-state index is -1.28. The highest BCUT2D eigenvalue weighted by Gasteiger charge is 2.42. The van der Waals surface area contributed by atoms with Crippen LogP contribution in [0.1, 0.15) is 42.3 Å². The first-order valence-corrected chi connectivity index (χ1v) is 11.3. The molecule has 2 aromatic carbocycles. The van der Waals surface area contributed by atoms with Gasteiger partial charge in [-0.15, -0.1) is 0 Å². The van der Waals surface area contributed by atoms with Crippen molar-refractivity contribution in [3.05, 3.63) is 58.1 Å². The molecule has 0 aliphatic carbocycles. The summed E-state index contributed by atoms with van der Waals surface area (Å²) in [6.07, 6.45) is -2.49. The van der Waals surface area contributed by atoms with Crippen LogP contribution in [0.2, 0.25) is 0 Å². The number of ether oxygens (including phenoxy) is 4. The molecule has 176 valence electrons. The number of esters is 1. The van der Waals surface area contributed by atoms with Crippen LogP contribution in [-0.4, -0.2) is 44.2 Å². The van der Waals surface area contributed by atoms with Gasteiger partial charge in [-0.05, 0) is 36.2 Å². The average Bonchev–Trinajstić information content (AvgIpc) is 2.83. The van der Waals surface area contributed by atoms with Crippen molar-refractivity contribution < 1.29 is 33.3 Å². The molecule has 0 saturated carbocycles. The molecule has 8 nitrogen and oxygen atoms in total. The van der Waals surface area contributed by atoms with Crippen molar-refractivity contribution in [2.75, 3.05) is 14.2 Å². The van der Waals surface area contributed by atoms with E-state index in [1.807, 2.05) is 13.8 Å². The van der Waals surface area contributed by atoms with Crippen LogP contribution in [0.3, 0.4) is 0 Å². The second kappa shape index (κ2) is 10.7. The third-order valence-electron chi connectivity index (χ3n) is 5.59. The van der Waals surface area contributed by atoms with E-state index >= 15 is 0 Å². The first kappa shape index (κ1) is 24.6. The molecule has 4 atom stereocenters. The van der Waals surface area contributed by atoms with Crippen molar-refractivity contribution in [1.29, 1.82) is 0 Å². The standard InChI is InChI=1S/C24H26BrNO7/c1-5-13(2)19(23(28)31-4)26-24(29)33-22-20(27)17-12-15(25)9-10-18(17)32-21(22)14-7-6-8-16(11-14)30-3/h6-13,19,21-22H,5H2,1-4H3,(H,26,29)/t13-,19+,21-,22?/m0/s1. The zero-order valence-electron chi connectivity index (χ0n) is 18.8. The lowest BCUT2D eigenvalue weighted by atomic mass is 9.93. The zero-order chi connectivity index (χ0) is 24.1. The van der Waals surface area contributed by atoms with Gasteiger partial charge in [0.15, 0.2) is 6.10 Å². The summed E-state index contributed by atoms with van der Waals surface area (Å²) in [5.41, 5.74) is 0.883. The molecule has 0 aromatic heterocycles. The van der Waals surface area contributed by atoms with Crippen molar-refractivity contribution in [1.82, 2.24) is 5.32 Å². The van der Waals surface area contributed by atoms with Crippen molar-refractivity contribution in [2.24, 2.45) is 5.92 Å². The minimum absolute atomic E-state index is 0.200. The molecule has 3 rings (SSSR count). The van der Waals surface area contributed by atoms with Gasteiger partial charge in [0.25, 0.3) is 0 Å². The monoisotopic (exact) mass is 519 g/mol. The maximum absolute atomic E-state index is 13.4. The fourth-order valence-electron chi connectivity index (χ4n) is 3.54. The third-order valence-corrected chi connectivity index (χ3v) is 6.09. The molecule has 9 heteroatoms. The van der Waals surface area contributed by atoms with Gasteiger partial charge in [-0.3, -0.25) is 4.79 Å². The number of hydrogen-bond acceptors (Lipinski definition) is 7. The molecular formula is C24H26BrNO7. The van der Waals surface area contributed by atoms with E-state index in [0.717, 1.165) is 0 Å². The van der Waals surface area contributed by atoms with Gasteiger partial charge in [0.1, 0.15) is 17.5 Å². The quantitative estimate of drug-likeness (QED) is 0.539. The molecule has 1 unspecified atom stereocenters. The number of carbonyl (C=O) groups is 3.